The number of nitrogens with one attached hydrogen (secondary N) is 1. The summed E-state index contributed by atoms with van der Waals surface area (Å²) in [5.41, 5.74) is -0.189. The van der Waals surface area contributed by atoms with E-state index in [4.69, 9.17) is 18.9 Å². The van der Waals surface area contributed by atoms with Crippen LogP contribution in [0.5, 0.6) is 0 Å². The van der Waals surface area contributed by atoms with Gasteiger partial charge in [0.1, 0.15) is 5.70 Å². The van der Waals surface area contributed by atoms with Gasteiger partial charge in [-0.15, -0.1) is 11.3 Å². The van der Waals surface area contributed by atoms with Gasteiger partial charge in [-0.1, -0.05) is 0 Å². The first-order chi connectivity index (χ1) is 19.5. The number of ether oxygens (including phenoxy) is 4. The summed E-state index contributed by atoms with van der Waals surface area (Å²) < 4.78 is 19.9. The summed E-state index contributed by atoms with van der Waals surface area (Å²) in [7, 11) is 0. The van der Waals surface area contributed by atoms with Crippen molar-refractivity contribution in [2.24, 2.45) is 21.7 Å². The standard InChI is InChI=1S/C28H37N3O10S/c1-15(32)20-19-9-18(21(31(19)22(20)33)23(34)38-13-39-24(35)27(2,3)4)16-8-17(42-11-16)10-29-12-30-26(37)41-14-40-25(36)28(5,6)7/h8,11-12,15,19-20,32H,9-10,13-14H2,1-7H3,(H,29,30,37)/t15-,19-,20-/m1/s1. The maximum Gasteiger partial charge on any atom is 0.415 e. The van der Waals surface area contributed by atoms with E-state index < -0.39 is 66.5 Å². The van der Waals surface area contributed by atoms with Gasteiger partial charge < -0.3 is 29.0 Å². The predicted octanol–water partition coefficient (Wildman–Crippen LogP) is 2.96. The normalized spacial score (nSPS) is 19.2. The zero-order chi connectivity index (χ0) is 31.4. The highest BCUT2D eigenvalue weighted by atomic mass is 32.1. The Bertz CT molecular complexity index is 1290. The molecule has 0 aromatic carbocycles. The van der Waals surface area contributed by atoms with Gasteiger partial charge in [0.15, 0.2) is 0 Å². The van der Waals surface area contributed by atoms with E-state index in [2.05, 4.69) is 10.3 Å². The number of aliphatic imine (C=N–C) groups is 1. The van der Waals surface area contributed by atoms with E-state index in [1.807, 2.05) is 11.4 Å². The van der Waals surface area contributed by atoms with Gasteiger partial charge in [-0.05, 0) is 77.5 Å². The van der Waals surface area contributed by atoms with Gasteiger partial charge >= 0.3 is 24.0 Å². The highest BCUT2D eigenvalue weighted by molar-refractivity contribution is 7.10. The summed E-state index contributed by atoms with van der Waals surface area (Å²) in [5.74, 6) is -2.89. The van der Waals surface area contributed by atoms with Crippen molar-refractivity contribution in [2.75, 3.05) is 13.6 Å². The second-order valence-electron chi connectivity index (χ2n) is 12.0. The molecule has 2 amide bonds. The molecule has 1 saturated heterocycles. The SMILES string of the molecule is C[C@@H](O)[C@H]1C(=O)N2C(C(=O)OCOC(=O)C(C)(C)C)=C(c3csc(CN=CNC(=O)OCOC(=O)C(C)(C)C)c3)C[C@H]12. The van der Waals surface area contributed by atoms with Crippen molar-refractivity contribution in [3.8, 4) is 0 Å². The summed E-state index contributed by atoms with van der Waals surface area (Å²) >= 11 is 1.36. The molecule has 0 saturated carbocycles. The number of thiophene rings is 1. The first-order valence-corrected chi connectivity index (χ1v) is 14.2. The molecule has 0 spiro atoms. The van der Waals surface area contributed by atoms with Crippen LogP contribution < -0.4 is 5.32 Å². The molecule has 1 aromatic rings. The zero-order valence-electron chi connectivity index (χ0n) is 24.7. The number of amides is 2. The number of rotatable bonds is 10. The lowest BCUT2D eigenvalue weighted by Crippen LogP contribution is -2.61. The van der Waals surface area contributed by atoms with Crippen LogP contribution >= 0.6 is 11.3 Å². The Morgan fingerprint density at radius 3 is 2.24 bits per heavy atom. The summed E-state index contributed by atoms with van der Waals surface area (Å²) in [4.78, 5) is 67.6. The largest absolute Gasteiger partial charge is 0.427 e. The van der Waals surface area contributed by atoms with Crippen molar-refractivity contribution in [3.63, 3.8) is 0 Å². The van der Waals surface area contributed by atoms with Crippen molar-refractivity contribution in [3.05, 3.63) is 27.6 Å². The number of hydrogen-bond acceptors (Lipinski definition) is 12. The molecule has 230 valence electrons. The van der Waals surface area contributed by atoms with Crippen LogP contribution in [0.15, 0.2) is 22.1 Å². The third-order valence-electron chi connectivity index (χ3n) is 6.43. The Morgan fingerprint density at radius 2 is 1.67 bits per heavy atom. The van der Waals surface area contributed by atoms with E-state index in [9.17, 15) is 29.1 Å². The van der Waals surface area contributed by atoms with Crippen LogP contribution in [-0.4, -0.2) is 72.0 Å². The predicted molar refractivity (Wildman–Crippen MR) is 150 cm³/mol. The number of aliphatic hydroxyl groups excluding tert-OH is 1. The summed E-state index contributed by atoms with van der Waals surface area (Å²) in [5, 5.41) is 14.2. The molecule has 13 nitrogen and oxygen atoms in total. The molecule has 2 N–H and O–H groups in total. The van der Waals surface area contributed by atoms with Crippen LogP contribution in [0.3, 0.4) is 0 Å². The van der Waals surface area contributed by atoms with Gasteiger partial charge in [0, 0.05) is 4.88 Å². The smallest absolute Gasteiger partial charge is 0.415 e. The molecule has 2 aliphatic rings. The van der Waals surface area contributed by atoms with E-state index in [1.165, 1.54) is 23.2 Å². The van der Waals surface area contributed by atoms with E-state index >= 15 is 0 Å². The van der Waals surface area contributed by atoms with E-state index in [1.54, 1.807) is 41.5 Å². The fraction of sp³-hybridized carbons (Fsp3) is 0.571. The Kier molecular flexibility index (Phi) is 10.2. The van der Waals surface area contributed by atoms with Crippen molar-refractivity contribution in [2.45, 2.75) is 73.6 Å². The Morgan fingerprint density at radius 1 is 1.07 bits per heavy atom. The molecule has 1 fully saturated rings. The zero-order valence-corrected chi connectivity index (χ0v) is 25.5. The molecule has 2 aliphatic heterocycles. The molecule has 1 aromatic heterocycles. The molecule has 0 aliphatic carbocycles. The van der Waals surface area contributed by atoms with Gasteiger partial charge in [-0.3, -0.25) is 24.7 Å². The number of hydrogen-bond donors (Lipinski definition) is 2. The minimum Gasteiger partial charge on any atom is -0.427 e. The molecule has 0 bridgehead atoms. The third kappa shape index (κ3) is 7.73. The third-order valence-corrected chi connectivity index (χ3v) is 7.35. The van der Waals surface area contributed by atoms with Gasteiger partial charge in [-0.25, -0.2) is 9.59 Å². The lowest BCUT2D eigenvalue weighted by molar-refractivity contribution is -0.175. The fourth-order valence-corrected chi connectivity index (χ4v) is 5.02. The molecule has 3 atom stereocenters. The Labute approximate surface area is 247 Å². The number of carbonyl (C=O) groups excluding carboxylic acids is 5. The van der Waals surface area contributed by atoms with Crippen LogP contribution in [0, 0.1) is 16.7 Å². The lowest BCUT2D eigenvalue weighted by atomic mass is 9.82. The topological polar surface area (TPSA) is 170 Å². The number of esters is 3. The van der Waals surface area contributed by atoms with E-state index in [0.717, 1.165) is 11.2 Å². The van der Waals surface area contributed by atoms with Crippen LogP contribution in [0.2, 0.25) is 0 Å². The highest BCUT2D eigenvalue weighted by Gasteiger charge is 2.57. The van der Waals surface area contributed by atoms with Crippen molar-refractivity contribution in [1.29, 1.82) is 0 Å². The first kappa shape index (κ1) is 32.7. The summed E-state index contributed by atoms with van der Waals surface area (Å²) in [6.45, 7) is 10.6. The number of β-lactam (4-membered cyclic amide) rings is 1. The molecule has 3 rings (SSSR count). The van der Waals surface area contributed by atoms with Gasteiger partial charge in [0.2, 0.25) is 19.5 Å². The number of carbonyl (C=O) groups is 5. The molecule has 14 heteroatoms. The number of aliphatic hydroxyl groups is 1. The van der Waals surface area contributed by atoms with Crippen LogP contribution in [0.25, 0.3) is 5.57 Å². The number of alkyl carbamates (subject to hydrolysis) is 1. The molecule has 0 radical (unpaired) electrons. The average Bonchev–Trinajstić information content (AvgIpc) is 3.47. The highest BCUT2D eigenvalue weighted by Crippen LogP contribution is 2.47. The first-order valence-electron chi connectivity index (χ1n) is 13.3. The maximum absolute atomic E-state index is 13.1. The van der Waals surface area contributed by atoms with Crippen molar-refractivity contribution >= 4 is 53.2 Å². The summed E-state index contributed by atoms with van der Waals surface area (Å²) in [6, 6.07) is 1.41. The minimum absolute atomic E-state index is 0.0538. The second-order valence-corrected chi connectivity index (χ2v) is 12.9. The molecule has 0 unspecified atom stereocenters. The number of nitrogens with zero attached hydrogens (tertiary/aromatic N) is 2. The van der Waals surface area contributed by atoms with Crippen molar-refractivity contribution < 1.29 is 48.0 Å². The van der Waals surface area contributed by atoms with Crippen molar-refractivity contribution in [1.82, 2.24) is 10.2 Å². The van der Waals surface area contributed by atoms with Gasteiger partial charge in [0.05, 0.1) is 41.8 Å². The molecular weight excluding hydrogens is 570 g/mol. The Balaban J connectivity index is 1.63. The molecular formula is C28H37N3O10S. The quantitative estimate of drug-likeness (QED) is 0.133. The van der Waals surface area contributed by atoms with E-state index in [-0.39, 0.29) is 18.1 Å². The van der Waals surface area contributed by atoms with E-state index in [0.29, 0.717) is 17.6 Å². The minimum atomic E-state index is -0.889. The average molecular weight is 608 g/mol. The maximum atomic E-state index is 13.1. The van der Waals surface area contributed by atoms with Gasteiger partial charge in [0.25, 0.3) is 0 Å². The van der Waals surface area contributed by atoms with Crippen LogP contribution in [0.1, 0.15) is 65.3 Å². The second kappa shape index (κ2) is 13.0. The van der Waals surface area contributed by atoms with Gasteiger partial charge in [-0.2, -0.15) is 0 Å². The monoisotopic (exact) mass is 607 g/mol. The summed E-state index contributed by atoms with van der Waals surface area (Å²) in [6.07, 6.45) is -0.247. The van der Waals surface area contributed by atoms with Crippen LogP contribution in [0.4, 0.5) is 4.79 Å². The Hall–Kier alpha value is -3.78. The molecule has 3 heterocycles. The fourth-order valence-electron chi connectivity index (χ4n) is 4.19. The number of fused-ring (bicyclic) bond motifs is 1. The lowest BCUT2D eigenvalue weighted by Gasteiger charge is -2.44. The van der Waals surface area contributed by atoms with Crippen LogP contribution in [-0.2, 0) is 44.7 Å². The molecule has 42 heavy (non-hydrogen) atoms.